The normalized spacial score (nSPS) is 9.79. The fourth-order valence-corrected chi connectivity index (χ4v) is 1.89. The van der Waals surface area contributed by atoms with Crippen molar-refractivity contribution < 1.29 is 23.9 Å². The van der Waals surface area contributed by atoms with Crippen molar-refractivity contribution in [3.05, 3.63) is 33.1 Å². The van der Waals surface area contributed by atoms with Crippen LogP contribution < -0.4 is 10.6 Å². The van der Waals surface area contributed by atoms with Crippen LogP contribution in [0.5, 0.6) is 0 Å². The van der Waals surface area contributed by atoms with E-state index >= 15 is 0 Å². The summed E-state index contributed by atoms with van der Waals surface area (Å²) in [5, 5.41) is 12.8. The summed E-state index contributed by atoms with van der Waals surface area (Å²) in [5.41, 5.74) is 0.244. The van der Waals surface area contributed by atoms with Crippen molar-refractivity contribution in [1.29, 1.82) is 0 Å². The highest BCUT2D eigenvalue weighted by Gasteiger charge is 2.12. The maximum atomic E-state index is 12.8. The fourth-order valence-electron chi connectivity index (χ4n) is 1.17. The molecule has 6 nitrogen and oxygen atoms in total. The third-order valence-corrected chi connectivity index (χ3v) is 2.91. The van der Waals surface area contributed by atoms with E-state index in [2.05, 4.69) is 10.6 Å². The summed E-state index contributed by atoms with van der Waals surface area (Å²) in [6.07, 6.45) is 0. The van der Waals surface area contributed by atoms with E-state index in [4.69, 9.17) is 5.11 Å². The van der Waals surface area contributed by atoms with Crippen LogP contribution in [0.15, 0.2) is 18.2 Å². The Morgan fingerprint density at radius 2 is 1.89 bits per heavy atom. The number of hydrogen-bond donors (Lipinski definition) is 3. The summed E-state index contributed by atoms with van der Waals surface area (Å²) < 4.78 is 13.3. The summed E-state index contributed by atoms with van der Waals surface area (Å²) in [5.74, 6) is -2.78. The van der Waals surface area contributed by atoms with Crippen LogP contribution in [0.4, 0.5) is 4.39 Å². The Labute approximate surface area is 121 Å². The molecule has 1 rings (SSSR count). The number of carboxylic acids is 1. The van der Waals surface area contributed by atoms with E-state index in [0.717, 1.165) is 6.07 Å². The van der Waals surface area contributed by atoms with E-state index in [1.165, 1.54) is 12.1 Å². The third kappa shape index (κ3) is 5.20. The molecule has 0 heterocycles. The monoisotopic (exact) mass is 380 g/mol. The first kappa shape index (κ1) is 15.3. The molecule has 0 spiro atoms. The van der Waals surface area contributed by atoms with Crippen LogP contribution in [-0.2, 0) is 9.59 Å². The number of amides is 2. The van der Waals surface area contributed by atoms with Crippen LogP contribution in [0.25, 0.3) is 0 Å². The van der Waals surface area contributed by atoms with E-state index in [1.54, 1.807) is 22.6 Å². The van der Waals surface area contributed by atoms with Crippen LogP contribution in [0, 0.1) is 9.39 Å². The highest BCUT2D eigenvalue weighted by atomic mass is 127. The van der Waals surface area contributed by atoms with E-state index < -0.39 is 30.1 Å². The lowest BCUT2D eigenvalue weighted by molar-refractivity contribution is -0.137. The number of carbonyl (C=O) groups excluding carboxylic acids is 2. The van der Waals surface area contributed by atoms with Crippen LogP contribution in [0.1, 0.15) is 10.4 Å². The van der Waals surface area contributed by atoms with Gasteiger partial charge in [0.05, 0.1) is 12.1 Å². The van der Waals surface area contributed by atoms with Gasteiger partial charge in [0.2, 0.25) is 5.91 Å². The Bertz CT molecular complexity index is 521. The van der Waals surface area contributed by atoms with Gasteiger partial charge in [-0.1, -0.05) is 0 Å². The summed E-state index contributed by atoms with van der Waals surface area (Å²) in [6, 6.07) is 3.64. The van der Waals surface area contributed by atoms with E-state index in [-0.39, 0.29) is 12.1 Å². The molecule has 0 fully saturated rings. The molecule has 19 heavy (non-hydrogen) atoms. The van der Waals surface area contributed by atoms with Crippen molar-refractivity contribution >= 4 is 40.4 Å². The van der Waals surface area contributed by atoms with Gasteiger partial charge in [-0.2, -0.15) is 0 Å². The SMILES string of the molecule is O=C(O)CNC(=O)CNC(=O)c1ccc(F)cc1I. The van der Waals surface area contributed by atoms with Gasteiger partial charge in [-0.25, -0.2) is 4.39 Å². The quantitative estimate of drug-likeness (QED) is 0.643. The van der Waals surface area contributed by atoms with Gasteiger partial charge < -0.3 is 15.7 Å². The van der Waals surface area contributed by atoms with Crippen molar-refractivity contribution in [1.82, 2.24) is 10.6 Å². The molecule has 0 radical (unpaired) electrons. The lowest BCUT2D eigenvalue weighted by Crippen LogP contribution is -2.39. The molecule has 0 aliphatic carbocycles. The molecule has 3 N–H and O–H groups in total. The number of benzene rings is 1. The van der Waals surface area contributed by atoms with Gasteiger partial charge in [0.15, 0.2) is 0 Å². The van der Waals surface area contributed by atoms with E-state index in [9.17, 15) is 18.8 Å². The maximum Gasteiger partial charge on any atom is 0.322 e. The van der Waals surface area contributed by atoms with Crippen molar-refractivity contribution in [2.75, 3.05) is 13.1 Å². The Morgan fingerprint density at radius 3 is 2.47 bits per heavy atom. The lowest BCUT2D eigenvalue weighted by atomic mass is 10.2. The topological polar surface area (TPSA) is 95.5 Å². The summed E-state index contributed by atoms with van der Waals surface area (Å²) in [7, 11) is 0. The van der Waals surface area contributed by atoms with Crippen molar-refractivity contribution in [3.63, 3.8) is 0 Å². The predicted octanol–water partition coefficient (Wildman–Crippen LogP) is 0.361. The van der Waals surface area contributed by atoms with Gasteiger partial charge in [-0.3, -0.25) is 14.4 Å². The number of aliphatic carboxylic acids is 1. The van der Waals surface area contributed by atoms with Crippen LogP contribution >= 0.6 is 22.6 Å². The van der Waals surface area contributed by atoms with Crippen molar-refractivity contribution in [3.8, 4) is 0 Å². The lowest BCUT2D eigenvalue weighted by Gasteiger charge is -2.07. The van der Waals surface area contributed by atoms with E-state index in [0.29, 0.717) is 3.57 Å². The molecule has 0 aliphatic rings. The Hall–Kier alpha value is -1.71. The zero-order valence-electron chi connectivity index (χ0n) is 9.57. The molecule has 1 aromatic rings. The molecule has 2 amide bonds. The minimum absolute atomic E-state index is 0.244. The molecule has 0 unspecified atom stereocenters. The van der Waals surface area contributed by atoms with Gasteiger partial charge in [0.25, 0.3) is 5.91 Å². The number of hydrogen-bond acceptors (Lipinski definition) is 3. The average Bonchev–Trinajstić information content (AvgIpc) is 2.33. The summed E-state index contributed by atoms with van der Waals surface area (Å²) >= 11 is 1.80. The molecule has 0 atom stereocenters. The second kappa shape index (κ2) is 7.02. The molecular weight excluding hydrogens is 370 g/mol. The second-order valence-electron chi connectivity index (χ2n) is 3.48. The molecule has 0 bridgehead atoms. The Morgan fingerprint density at radius 1 is 1.21 bits per heavy atom. The van der Waals surface area contributed by atoms with Crippen LogP contribution in [0.3, 0.4) is 0 Å². The fraction of sp³-hybridized carbons (Fsp3) is 0.182. The molecule has 0 saturated heterocycles. The van der Waals surface area contributed by atoms with Crippen LogP contribution in [-0.4, -0.2) is 36.0 Å². The largest absolute Gasteiger partial charge is 0.480 e. The zero-order chi connectivity index (χ0) is 14.4. The first-order valence-electron chi connectivity index (χ1n) is 5.12. The smallest absolute Gasteiger partial charge is 0.322 e. The molecule has 102 valence electrons. The van der Waals surface area contributed by atoms with Gasteiger partial charge in [-0.05, 0) is 40.8 Å². The Kier molecular flexibility index (Phi) is 5.67. The first-order valence-corrected chi connectivity index (χ1v) is 6.19. The van der Waals surface area contributed by atoms with Gasteiger partial charge in [0, 0.05) is 3.57 Å². The highest BCUT2D eigenvalue weighted by molar-refractivity contribution is 14.1. The van der Waals surface area contributed by atoms with Crippen LogP contribution in [0.2, 0.25) is 0 Å². The van der Waals surface area contributed by atoms with Crippen molar-refractivity contribution in [2.45, 2.75) is 0 Å². The minimum atomic E-state index is -1.17. The molecule has 0 saturated carbocycles. The standard InChI is InChI=1S/C11H10FIN2O4/c12-6-1-2-7(8(13)3-6)11(19)15-4-9(16)14-5-10(17)18/h1-3H,4-5H2,(H,14,16)(H,15,19)(H,17,18). The Balaban J connectivity index is 2.51. The van der Waals surface area contributed by atoms with Crippen molar-refractivity contribution in [2.24, 2.45) is 0 Å². The first-order chi connectivity index (χ1) is 8.90. The molecule has 0 aliphatic heterocycles. The number of carboxylic acid groups (broad SMARTS) is 1. The predicted molar refractivity (Wildman–Crippen MR) is 72.1 cm³/mol. The maximum absolute atomic E-state index is 12.8. The number of carbonyl (C=O) groups is 3. The number of halogens is 2. The molecule has 8 heteroatoms. The molecule has 1 aromatic carbocycles. The summed E-state index contributed by atoms with van der Waals surface area (Å²) in [6.45, 7) is -0.859. The molecule has 0 aromatic heterocycles. The zero-order valence-corrected chi connectivity index (χ0v) is 11.7. The molecular formula is C11H10FIN2O4. The third-order valence-electron chi connectivity index (χ3n) is 2.02. The van der Waals surface area contributed by atoms with Gasteiger partial charge in [-0.15, -0.1) is 0 Å². The highest BCUT2D eigenvalue weighted by Crippen LogP contribution is 2.13. The number of rotatable bonds is 5. The second-order valence-corrected chi connectivity index (χ2v) is 4.64. The average molecular weight is 380 g/mol. The minimum Gasteiger partial charge on any atom is -0.480 e. The van der Waals surface area contributed by atoms with Gasteiger partial charge >= 0.3 is 5.97 Å². The number of nitrogens with one attached hydrogen (secondary N) is 2. The van der Waals surface area contributed by atoms with Gasteiger partial charge in [0.1, 0.15) is 12.4 Å². The van der Waals surface area contributed by atoms with E-state index in [1.807, 2.05) is 0 Å². The summed E-state index contributed by atoms with van der Waals surface area (Å²) in [4.78, 5) is 33.1.